The maximum Gasteiger partial charge on any atom is 0.221 e. The number of rotatable bonds is 0. The van der Waals surface area contributed by atoms with E-state index in [1.54, 1.807) is 28.0 Å². The molecule has 0 atom stereocenters. The molecular formula is C19H19N7O2. The van der Waals surface area contributed by atoms with E-state index in [-0.39, 0.29) is 0 Å². The maximum absolute atomic E-state index is 6.00. The highest BCUT2D eigenvalue weighted by Gasteiger charge is 2.16. The number of ether oxygens (including phenoxy) is 2. The average Bonchev–Trinajstić information content (AvgIpc) is 3.37. The summed E-state index contributed by atoms with van der Waals surface area (Å²) in [6, 6.07) is 2.00. The van der Waals surface area contributed by atoms with Crippen molar-refractivity contribution in [1.82, 2.24) is 34.7 Å². The van der Waals surface area contributed by atoms with Crippen molar-refractivity contribution >= 4 is 23.1 Å². The zero-order chi connectivity index (χ0) is 19.1. The number of aromatic amines is 1. The molecule has 1 aliphatic heterocycles. The average molecular weight is 377 g/mol. The standard InChI is InChI=1S/C19H19N7O2/c1-25-18-12(9-21-25)4-5-15-13-8-16(20-11-17(13)24-23-15)14-10-22-26(2)19(14)28-7-3-6-27-18/h4-5,8-11H,3,6-7H2,1-2H3,(H,23,24). The van der Waals surface area contributed by atoms with Crippen molar-refractivity contribution in [1.29, 1.82) is 0 Å². The zero-order valence-corrected chi connectivity index (χ0v) is 15.6. The van der Waals surface area contributed by atoms with Crippen LogP contribution >= 0.6 is 0 Å². The second-order valence-electron chi connectivity index (χ2n) is 6.62. The van der Waals surface area contributed by atoms with Gasteiger partial charge >= 0.3 is 0 Å². The van der Waals surface area contributed by atoms with Gasteiger partial charge in [-0.25, -0.2) is 9.36 Å². The van der Waals surface area contributed by atoms with E-state index in [0.29, 0.717) is 19.1 Å². The van der Waals surface area contributed by atoms with Crippen molar-refractivity contribution in [2.24, 2.45) is 14.1 Å². The Bertz CT molecular complexity index is 1180. The number of nitrogens with zero attached hydrogens (tertiary/aromatic N) is 6. The number of H-pyrrole nitrogens is 1. The van der Waals surface area contributed by atoms with Gasteiger partial charge in [-0.05, 0) is 18.2 Å². The first-order chi connectivity index (χ1) is 13.7. The van der Waals surface area contributed by atoms with Gasteiger partial charge in [0.25, 0.3) is 0 Å². The van der Waals surface area contributed by atoms with Crippen LogP contribution in [0.25, 0.3) is 34.3 Å². The lowest BCUT2D eigenvalue weighted by molar-refractivity contribution is 0.226. The summed E-state index contributed by atoms with van der Waals surface area (Å²) in [5, 5.41) is 17.0. The van der Waals surface area contributed by atoms with Crippen molar-refractivity contribution in [3.63, 3.8) is 0 Å². The minimum absolute atomic E-state index is 0.509. The maximum atomic E-state index is 6.00. The van der Waals surface area contributed by atoms with Crippen LogP contribution in [0.3, 0.4) is 0 Å². The third-order valence-electron chi connectivity index (χ3n) is 4.73. The highest BCUT2D eigenvalue weighted by molar-refractivity contribution is 5.91. The van der Waals surface area contributed by atoms with E-state index < -0.39 is 0 Å². The topological polar surface area (TPSA) is 95.7 Å². The van der Waals surface area contributed by atoms with Gasteiger partial charge in [0.05, 0.1) is 59.8 Å². The van der Waals surface area contributed by atoms with Crippen LogP contribution in [0.2, 0.25) is 0 Å². The van der Waals surface area contributed by atoms with Crippen LogP contribution in [-0.2, 0) is 14.1 Å². The molecule has 9 heteroatoms. The van der Waals surface area contributed by atoms with Crippen LogP contribution in [0.5, 0.6) is 11.8 Å². The summed E-state index contributed by atoms with van der Waals surface area (Å²) < 4.78 is 15.4. The van der Waals surface area contributed by atoms with Crippen LogP contribution in [0.15, 0.2) is 24.7 Å². The summed E-state index contributed by atoms with van der Waals surface area (Å²) in [5.41, 5.74) is 4.22. The summed E-state index contributed by atoms with van der Waals surface area (Å²) in [4.78, 5) is 4.56. The van der Waals surface area contributed by atoms with E-state index in [1.807, 2.05) is 32.3 Å². The number of nitrogens with one attached hydrogen (secondary N) is 1. The SMILES string of the molecule is Cn1ncc2c1OCCCOc1c(cnn1C)-c1cc3c(n[nH]c3cn1)C=C2. The van der Waals surface area contributed by atoms with Crippen molar-refractivity contribution in [3.8, 4) is 23.0 Å². The van der Waals surface area contributed by atoms with Crippen molar-refractivity contribution < 1.29 is 9.47 Å². The van der Waals surface area contributed by atoms with Gasteiger partial charge in [0, 0.05) is 25.9 Å². The molecule has 5 heterocycles. The fourth-order valence-electron chi connectivity index (χ4n) is 3.28. The molecule has 4 aromatic heterocycles. The predicted octanol–water partition coefficient (Wildman–Crippen LogP) is 2.42. The van der Waals surface area contributed by atoms with E-state index in [9.17, 15) is 0 Å². The van der Waals surface area contributed by atoms with Crippen molar-refractivity contribution in [3.05, 3.63) is 35.9 Å². The molecule has 0 fully saturated rings. The molecule has 0 saturated heterocycles. The lowest BCUT2D eigenvalue weighted by Gasteiger charge is -2.10. The van der Waals surface area contributed by atoms with Gasteiger partial charge in [0.1, 0.15) is 0 Å². The number of fused-ring (bicyclic) bond motifs is 4. The Morgan fingerprint density at radius 3 is 2.64 bits per heavy atom. The Morgan fingerprint density at radius 2 is 1.75 bits per heavy atom. The Morgan fingerprint density at radius 1 is 0.964 bits per heavy atom. The summed E-state index contributed by atoms with van der Waals surface area (Å²) in [6.45, 7) is 1.03. The lowest BCUT2D eigenvalue weighted by atomic mass is 10.1. The molecule has 1 aliphatic rings. The molecule has 2 bridgehead atoms. The normalized spacial score (nSPS) is 14.1. The largest absolute Gasteiger partial charge is 0.477 e. The lowest BCUT2D eigenvalue weighted by Crippen LogP contribution is -2.09. The zero-order valence-electron chi connectivity index (χ0n) is 15.6. The highest BCUT2D eigenvalue weighted by atomic mass is 16.5. The number of aromatic nitrogens is 7. The van der Waals surface area contributed by atoms with E-state index in [1.165, 1.54) is 0 Å². The summed E-state index contributed by atoms with van der Waals surface area (Å²) in [6.07, 6.45) is 9.98. The van der Waals surface area contributed by atoms with E-state index in [0.717, 1.165) is 45.7 Å². The number of hydrogen-bond acceptors (Lipinski definition) is 6. The fraction of sp³-hybridized carbons (Fsp3) is 0.263. The van der Waals surface area contributed by atoms with Gasteiger partial charge in [-0.15, -0.1) is 0 Å². The molecular weight excluding hydrogens is 358 g/mol. The van der Waals surface area contributed by atoms with Crippen molar-refractivity contribution in [2.45, 2.75) is 6.42 Å². The van der Waals surface area contributed by atoms with Crippen LogP contribution < -0.4 is 9.47 Å². The van der Waals surface area contributed by atoms with Gasteiger partial charge in [0.15, 0.2) is 0 Å². The Labute approximate surface area is 160 Å². The van der Waals surface area contributed by atoms with Gasteiger partial charge < -0.3 is 9.47 Å². The van der Waals surface area contributed by atoms with E-state index in [2.05, 4.69) is 25.4 Å². The first-order valence-electron chi connectivity index (χ1n) is 9.03. The first-order valence-corrected chi connectivity index (χ1v) is 9.03. The third-order valence-corrected chi connectivity index (χ3v) is 4.73. The molecule has 28 heavy (non-hydrogen) atoms. The molecule has 0 aromatic carbocycles. The van der Waals surface area contributed by atoms with Crippen LogP contribution in [0, 0.1) is 0 Å². The molecule has 142 valence electrons. The second-order valence-corrected chi connectivity index (χ2v) is 6.62. The highest BCUT2D eigenvalue weighted by Crippen LogP contribution is 2.31. The first kappa shape index (κ1) is 16.5. The van der Waals surface area contributed by atoms with Crippen LogP contribution in [0.1, 0.15) is 17.7 Å². The molecule has 5 rings (SSSR count). The number of pyridine rings is 1. The molecule has 0 unspecified atom stereocenters. The molecule has 0 aliphatic carbocycles. The minimum atomic E-state index is 0.509. The fourth-order valence-corrected chi connectivity index (χ4v) is 3.28. The van der Waals surface area contributed by atoms with Gasteiger partial charge in [-0.3, -0.25) is 10.1 Å². The molecule has 0 amide bonds. The molecule has 0 spiro atoms. The molecule has 0 saturated carbocycles. The van der Waals surface area contributed by atoms with Crippen LogP contribution in [0.4, 0.5) is 0 Å². The second kappa shape index (κ2) is 6.52. The molecule has 9 nitrogen and oxygen atoms in total. The summed E-state index contributed by atoms with van der Waals surface area (Å²) >= 11 is 0. The Kier molecular flexibility index (Phi) is 3.85. The van der Waals surface area contributed by atoms with Crippen molar-refractivity contribution in [2.75, 3.05) is 13.2 Å². The van der Waals surface area contributed by atoms with E-state index in [4.69, 9.17) is 9.47 Å². The Hall–Kier alpha value is -3.62. The van der Waals surface area contributed by atoms with Crippen LogP contribution in [-0.4, -0.2) is 48.0 Å². The summed E-state index contributed by atoms with van der Waals surface area (Å²) in [5.74, 6) is 1.40. The quantitative estimate of drug-likeness (QED) is 0.506. The monoisotopic (exact) mass is 377 g/mol. The predicted molar refractivity (Wildman–Crippen MR) is 104 cm³/mol. The van der Waals surface area contributed by atoms with E-state index >= 15 is 0 Å². The number of hydrogen-bond donors (Lipinski definition) is 1. The Balaban J connectivity index is 1.66. The summed E-state index contributed by atoms with van der Waals surface area (Å²) in [7, 11) is 3.72. The van der Waals surface area contributed by atoms with Gasteiger partial charge in [0.2, 0.25) is 11.8 Å². The smallest absolute Gasteiger partial charge is 0.221 e. The third kappa shape index (κ3) is 2.72. The molecule has 1 N–H and O–H groups in total. The van der Waals surface area contributed by atoms with Gasteiger partial charge in [-0.1, -0.05) is 0 Å². The molecule has 0 radical (unpaired) electrons. The minimum Gasteiger partial charge on any atom is -0.477 e. The van der Waals surface area contributed by atoms with Gasteiger partial charge in [-0.2, -0.15) is 15.3 Å². The molecule has 4 aromatic rings. The number of aryl methyl sites for hydroxylation is 2.